The maximum absolute atomic E-state index is 6.51. The van der Waals surface area contributed by atoms with Crippen molar-refractivity contribution in [1.82, 2.24) is 39.5 Å². The molecule has 10 heteroatoms. The summed E-state index contributed by atoms with van der Waals surface area (Å²) < 4.78 is 15.3. The number of furan rings is 2. The molecule has 0 saturated heterocycles. The summed E-state index contributed by atoms with van der Waals surface area (Å²) in [5.74, 6) is 2.19. The number of nitrogens with zero attached hydrogens (tertiary/aromatic N) is 8. The maximum atomic E-state index is 6.51. The molecule has 0 fully saturated rings. The molecule has 23 aromatic rings. The Bertz CT molecular complexity index is 7820. The highest BCUT2D eigenvalue weighted by Gasteiger charge is 2.24. The minimum Gasteiger partial charge on any atom is -0.438 e. The van der Waals surface area contributed by atoms with Crippen molar-refractivity contribution in [3.8, 4) is 119 Å². The summed E-state index contributed by atoms with van der Waals surface area (Å²) in [5, 5.41) is 17.3. The molecule has 0 saturated carbocycles. The second kappa shape index (κ2) is 25.6. The molecule has 0 radical (unpaired) electrons. The standard InChI is InChI=1S/C103H60N8O2/c1-2-22-62(23-3-1)85-57-66-48-49-71(58-86(66)76-31-7-6-30-75(76)85)100-109-98(108-99(110-100)70-28-21-27-69(56-70)97-82-37-11-9-35-80(82)95-84-39-15-19-43-93(84)113-103(95)107-97)64-46-44-61(45-47-64)72-54-65-24-4-5-29-74(65)87(59-72)101-104-88(63-50-52-73(53-51-63)111-90-40-16-12-32-77(90)78-33-13-17-41-91(78)111)60-89(105-101)67-25-20-26-68(55-67)96-81-36-10-8-34-79(81)94-83-38-14-18-42-92(83)112-102(94)106-96/h1-60H. The Morgan fingerprint density at radius 1 is 0.204 bits per heavy atom. The van der Waals surface area contributed by atoms with Crippen LogP contribution in [-0.2, 0) is 0 Å². The lowest BCUT2D eigenvalue weighted by molar-refractivity contribution is 0.654. The zero-order valence-electron chi connectivity index (χ0n) is 60.5. The molecule has 0 spiro atoms. The smallest absolute Gasteiger partial charge is 0.228 e. The van der Waals surface area contributed by atoms with Crippen LogP contribution in [0.3, 0.4) is 0 Å². The lowest BCUT2D eigenvalue weighted by Crippen LogP contribution is -2.00. The summed E-state index contributed by atoms with van der Waals surface area (Å²) in [5.41, 5.74) is 20.7. The van der Waals surface area contributed by atoms with E-state index < -0.39 is 0 Å². The van der Waals surface area contributed by atoms with E-state index in [4.69, 9.17) is 43.7 Å². The number of rotatable bonds is 11. The number of fused-ring (bicyclic) bond motifs is 17. The summed E-state index contributed by atoms with van der Waals surface area (Å²) in [4.78, 5) is 38.1. The van der Waals surface area contributed by atoms with Crippen LogP contribution in [0.25, 0.3) is 238 Å². The van der Waals surface area contributed by atoms with Crippen molar-refractivity contribution in [3.63, 3.8) is 0 Å². The van der Waals surface area contributed by atoms with Gasteiger partial charge >= 0.3 is 0 Å². The molecule has 0 aliphatic rings. The average Bonchev–Trinajstić information content (AvgIpc) is 1.68. The summed E-state index contributed by atoms with van der Waals surface area (Å²) in [6, 6.07) is 128. The summed E-state index contributed by atoms with van der Waals surface area (Å²) in [7, 11) is 0. The third-order valence-corrected chi connectivity index (χ3v) is 22.5. The van der Waals surface area contributed by atoms with E-state index >= 15 is 0 Å². The van der Waals surface area contributed by atoms with E-state index in [1.54, 1.807) is 0 Å². The van der Waals surface area contributed by atoms with Gasteiger partial charge in [-0.05, 0) is 144 Å². The van der Waals surface area contributed by atoms with Crippen molar-refractivity contribution in [2.24, 2.45) is 0 Å². The van der Waals surface area contributed by atoms with Gasteiger partial charge < -0.3 is 13.4 Å². The molecule has 0 aliphatic heterocycles. The van der Waals surface area contributed by atoms with Gasteiger partial charge in [0.15, 0.2) is 23.3 Å². The summed E-state index contributed by atoms with van der Waals surface area (Å²) in [6.07, 6.45) is 0. The summed E-state index contributed by atoms with van der Waals surface area (Å²) in [6.45, 7) is 0. The highest BCUT2D eigenvalue weighted by molar-refractivity contribution is 6.22. The highest BCUT2D eigenvalue weighted by Crippen LogP contribution is 2.45. The van der Waals surface area contributed by atoms with Crippen LogP contribution in [0.4, 0.5) is 0 Å². The molecular weight excluding hydrogens is 1380 g/mol. The molecule has 0 aliphatic carbocycles. The third-order valence-electron chi connectivity index (χ3n) is 22.5. The van der Waals surface area contributed by atoms with E-state index in [1.165, 1.54) is 27.3 Å². The predicted molar refractivity (Wildman–Crippen MR) is 462 cm³/mol. The van der Waals surface area contributed by atoms with E-state index in [0.29, 0.717) is 34.7 Å². The van der Waals surface area contributed by atoms with Crippen LogP contribution in [0, 0.1) is 0 Å². The van der Waals surface area contributed by atoms with E-state index in [-0.39, 0.29) is 0 Å². The van der Waals surface area contributed by atoms with E-state index in [9.17, 15) is 0 Å². The maximum Gasteiger partial charge on any atom is 0.228 e. The fourth-order valence-corrected chi connectivity index (χ4v) is 17.1. The van der Waals surface area contributed by atoms with Crippen LogP contribution < -0.4 is 0 Å². The Kier molecular flexibility index (Phi) is 14.4. The first kappa shape index (κ1) is 63.7. The number of hydrogen-bond donors (Lipinski definition) is 0. The van der Waals surface area contributed by atoms with Crippen molar-refractivity contribution in [1.29, 1.82) is 0 Å². The Morgan fingerprint density at radius 3 is 1.27 bits per heavy atom. The number of hydrogen-bond acceptors (Lipinski definition) is 9. The zero-order chi connectivity index (χ0) is 74.2. The first-order valence-corrected chi connectivity index (χ1v) is 38.0. The van der Waals surface area contributed by atoms with E-state index in [1.807, 2.05) is 30.3 Å². The van der Waals surface area contributed by atoms with Crippen LogP contribution >= 0.6 is 0 Å². The second-order valence-corrected chi connectivity index (χ2v) is 29.0. The number of para-hydroxylation sites is 4. The van der Waals surface area contributed by atoms with Crippen molar-refractivity contribution >= 4 is 120 Å². The Morgan fingerprint density at radius 2 is 0.646 bits per heavy atom. The Balaban J connectivity index is 0.662. The predicted octanol–water partition coefficient (Wildman–Crippen LogP) is 26.8. The molecule has 16 aromatic carbocycles. The van der Waals surface area contributed by atoms with E-state index in [2.05, 4.69) is 338 Å². The molecule has 23 rings (SSSR count). The first-order valence-electron chi connectivity index (χ1n) is 38.0. The van der Waals surface area contributed by atoms with Crippen molar-refractivity contribution in [3.05, 3.63) is 364 Å². The lowest BCUT2D eigenvalue weighted by atomic mass is 9.92. The van der Waals surface area contributed by atoms with Gasteiger partial charge in [0.2, 0.25) is 11.4 Å². The quantitative estimate of drug-likeness (QED) is 0.117. The number of pyridine rings is 2. The molecule has 0 bridgehead atoms. The second-order valence-electron chi connectivity index (χ2n) is 29.0. The molecule has 7 aromatic heterocycles. The molecule has 10 nitrogen and oxygen atoms in total. The van der Waals surface area contributed by atoms with Gasteiger partial charge in [-0.1, -0.05) is 285 Å². The third kappa shape index (κ3) is 10.6. The zero-order valence-corrected chi connectivity index (χ0v) is 60.5. The van der Waals surface area contributed by atoms with Crippen molar-refractivity contribution in [2.75, 3.05) is 0 Å². The van der Waals surface area contributed by atoms with Gasteiger partial charge in [-0.15, -0.1) is 0 Å². The van der Waals surface area contributed by atoms with Crippen LogP contribution in [0.2, 0.25) is 0 Å². The van der Waals surface area contributed by atoms with Gasteiger partial charge in [-0.25, -0.2) is 34.9 Å². The van der Waals surface area contributed by atoms with Crippen LogP contribution in [-0.4, -0.2) is 39.5 Å². The van der Waals surface area contributed by atoms with Crippen LogP contribution in [0.15, 0.2) is 373 Å². The van der Waals surface area contributed by atoms with E-state index in [0.717, 1.165) is 176 Å². The lowest BCUT2D eigenvalue weighted by Gasteiger charge is -2.15. The molecule has 0 amide bonds. The topological polar surface area (TPSA) is 121 Å². The van der Waals surface area contributed by atoms with Gasteiger partial charge in [0.05, 0.1) is 44.6 Å². The average molecular weight is 1440 g/mol. The normalized spacial score (nSPS) is 11.9. The van der Waals surface area contributed by atoms with Crippen molar-refractivity contribution < 1.29 is 8.83 Å². The monoisotopic (exact) mass is 1440 g/mol. The fraction of sp³-hybridized carbons (Fsp3) is 0. The molecule has 113 heavy (non-hydrogen) atoms. The number of aromatic nitrogens is 8. The van der Waals surface area contributed by atoms with Gasteiger partial charge in [-0.2, -0.15) is 0 Å². The van der Waals surface area contributed by atoms with Crippen LogP contribution in [0.1, 0.15) is 0 Å². The summed E-state index contributed by atoms with van der Waals surface area (Å²) >= 11 is 0. The SMILES string of the molecule is c1ccc(-c2cc3ccc(-c4nc(-c5ccc(-c6cc(-c7nc(-c8ccc(-n9c%10ccccc%10c%10ccccc%109)cc8)cc(-c8cccc(-c9nc%10oc%11ccccc%11c%10c%10ccccc9%10)c8)n7)c7ccccc7c6)cc5)nc(-c5cccc(-c6nc7oc8ccccc8c7c7ccccc67)c5)n4)cc3c3ccccc23)cc1. The van der Waals surface area contributed by atoms with Crippen molar-refractivity contribution in [2.45, 2.75) is 0 Å². The Hall–Kier alpha value is -15.4. The van der Waals surface area contributed by atoms with Gasteiger partial charge in [0, 0.05) is 82.5 Å². The fourth-order valence-electron chi connectivity index (χ4n) is 17.1. The van der Waals surface area contributed by atoms with Gasteiger partial charge in [-0.3, -0.25) is 0 Å². The number of benzene rings is 16. The largest absolute Gasteiger partial charge is 0.438 e. The minimum absolute atomic E-state index is 0.523. The van der Waals surface area contributed by atoms with Crippen LogP contribution in [0.5, 0.6) is 0 Å². The minimum atomic E-state index is 0.523. The Labute approximate surface area is 646 Å². The first-order chi connectivity index (χ1) is 56.0. The molecule has 7 heterocycles. The molecular formula is C103H60N8O2. The highest BCUT2D eigenvalue weighted by atomic mass is 16.3. The van der Waals surface area contributed by atoms with Gasteiger partial charge in [0.1, 0.15) is 11.2 Å². The molecule has 0 atom stereocenters. The molecule has 0 N–H and O–H groups in total. The molecule has 0 unspecified atom stereocenters. The van der Waals surface area contributed by atoms with Gasteiger partial charge in [0.25, 0.3) is 0 Å². The molecule has 524 valence electrons.